The standard InChI is InChI=1S/C14H19Cl2N/c1-14(2)7-6-9-10(15)4-5-11(16)13(9)12(8-14)17-3/h4-5,12,17H,6-8H2,1-3H3. The van der Waals surface area contributed by atoms with Gasteiger partial charge in [-0.3, -0.25) is 0 Å². The molecule has 0 aromatic heterocycles. The number of nitrogens with one attached hydrogen (secondary N) is 1. The summed E-state index contributed by atoms with van der Waals surface area (Å²) in [6.07, 6.45) is 3.26. The summed E-state index contributed by atoms with van der Waals surface area (Å²) in [5, 5.41) is 5.06. The summed E-state index contributed by atoms with van der Waals surface area (Å²) in [5.74, 6) is 0. The van der Waals surface area contributed by atoms with Crippen molar-refractivity contribution in [3.8, 4) is 0 Å². The summed E-state index contributed by atoms with van der Waals surface area (Å²) < 4.78 is 0. The van der Waals surface area contributed by atoms with Crippen molar-refractivity contribution in [2.24, 2.45) is 5.41 Å². The average molecular weight is 272 g/mol. The Labute approximate surface area is 114 Å². The van der Waals surface area contributed by atoms with Crippen molar-refractivity contribution in [3.05, 3.63) is 33.3 Å². The van der Waals surface area contributed by atoms with Crippen LogP contribution in [0.4, 0.5) is 0 Å². The van der Waals surface area contributed by atoms with Crippen molar-refractivity contribution in [2.75, 3.05) is 7.05 Å². The van der Waals surface area contributed by atoms with Crippen LogP contribution in [0.25, 0.3) is 0 Å². The average Bonchev–Trinajstić information content (AvgIpc) is 2.41. The van der Waals surface area contributed by atoms with Gasteiger partial charge in [-0.05, 0) is 55.0 Å². The quantitative estimate of drug-likeness (QED) is 0.736. The zero-order valence-electron chi connectivity index (χ0n) is 10.6. The highest BCUT2D eigenvalue weighted by atomic mass is 35.5. The molecule has 1 aromatic rings. The van der Waals surface area contributed by atoms with E-state index in [4.69, 9.17) is 23.2 Å². The van der Waals surface area contributed by atoms with E-state index in [1.807, 2.05) is 19.2 Å². The van der Waals surface area contributed by atoms with Crippen LogP contribution in [0.2, 0.25) is 10.0 Å². The molecular weight excluding hydrogens is 253 g/mol. The Hall–Kier alpha value is -0.240. The highest BCUT2D eigenvalue weighted by Gasteiger charge is 2.31. The molecule has 94 valence electrons. The molecule has 1 unspecified atom stereocenters. The zero-order valence-corrected chi connectivity index (χ0v) is 12.1. The van der Waals surface area contributed by atoms with Gasteiger partial charge in [0.05, 0.1) is 0 Å². The SMILES string of the molecule is CNC1CC(C)(C)CCc2c(Cl)ccc(Cl)c21. The lowest BCUT2D eigenvalue weighted by Crippen LogP contribution is -2.23. The maximum atomic E-state index is 6.35. The third-order valence-electron chi connectivity index (χ3n) is 3.75. The number of fused-ring (bicyclic) bond motifs is 1. The van der Waals surface area contributed by atoms with Gasteiger partial charge in [-0.1, -0.05) is 37.0 Å². The van der Waals surface area contributed by atoms with Crippen molar-refractivity contribution in [1.82, 2.24) is 5.32 Å². The summed E-state index contributed by atoms with van der Waals surface area (Å²) in [5.41, 5.74) is 2.75. The van der Waals surface area contributed by atoms with E-state index in [1.54, 1.807) is 0 Å². The summed E-state index contributed by atoms with van der Waals surface area (Å²) >= 11 is 12.7. The van der Waals surface area contributed by atoms with Crippen LogP contribution >= 0.6 is 23.2 Å². The van der Waals surface area contributed by atoms with Crippen molar-refractivity contribution in [3.63, 3.8) is 0 Å². The molecule has 1 N–H and O–H groups in total. The van der Waals surface area contributed by atoms with Crippen molar-refractivity contribution < 1.29 is 0 Å². The molecule has 1 aliphatic rings. The van der Waals surface area contributed by atoms with Gasteiger partial charge in [0.1, 0.15) is 0 Å². The number of benzene rings is 1. The Morgan fingerprint density at radius 1 is 1.24 bits per heavy atom. The van der Waals surface area contributed by atoms with Crippen LogP contribution in [-0.2, 0) is 6.42 Å². The van der Waals surface area contributed by atoms with Gasteiger partial charge in [-0.2, -0.15) is 0 Å². The monoisotopic (exact) mass is 271 g/mol. The predicted molar refractivity (Wildman–Crippen MR) is 75.0 cm³/mol. The number of hydrogen-bond donors (Lipinski definition) is 1. The predicted octanol–water partition coefficient (Wildman–Crippen LogP) is 4.62. The lowest BCUT2D eigenvalue weighted by molar-refractivity contribution is 0.279. The summed E-state index contributed by atoms with van der Waals surface area (Å²) in [4.78, 5) is 0. The van der Waals surface area contributed by atoms with Crippen molar-refractivity contribution >= 4 is 23.2 Å². The smallest absolute Gasteiger partial charge is 0.0457 e. The topological polar surface area (TPSA) is 12.0 Å². The van der Waals surface area contributed by atoms with Gasteiger partial charge in [0.25, 0.3) is 0 Å². The molecule has 0 heterocycles. The number of hydrogen-bond acceptors (Lipinski definition) is 1. The van der Waals surface area contributed by atoms with E-state index in [9.17, 15) is 0 Å². The number of halogens is 2. The van der Waals surface area contributed by atoms with Crippen LogP contribution in [-0.4, -0.2) is 7.05 Å². The second kappa shape index (κ2) is 4.79. The van der Waals surface area contributed by atoms with Crippen LogP contribution in [0.3, 0.4) is 0 Å². The fourth-order valence-corrected chi connectivity index (χ4v) is 3.27. The second-order valence-electron chi connectivity index (χ2n) is 5.63. The zero-order chi connectivity index (χ0) is 12.6. The molecule has 3 heteroatoms. The Morgan fingerprint density at radius 2 is 1.88 bits per heavy atom. The second-order valence-corrected chi connectivity index (χ2v) is 6.45. The third-order valence-corrected chi connectivity index (χ3v) is 4.44. The van der Waals surface area contributed by atoms with E-state index < -0.39 is 0 Å². The molecule has 2 rings (SSSR count). The van der Waals surface area contributed by atoms with E-state index >= 15 is 0 Å². The van der Waals surface area contributed by atoms with Gasteiger partial charge in [-0.25, -0.2) is 0 Å². The Balaban J connectivity index is 2.54. The van der Waals surface area contributed by atoms with Gasteiger partial charge in [0, 0.05) is 16.1 Å². The minimum Gasteiger partial charge on any atom is -0.313 e. The van der Waals surface area contributed by atoms with Gasteiger partial charge in [-0.15, -0.1) is 0 Å². The minimum atomic E-state index is 0.300. The van der Waals surface area contributed by atoms with E-state index in [2.05, 4.69) is 19.2 Å². The normalized spacial score (nSPS) is 23.0. The lowest BCUT2D eigenvalue weighted by Gasteiger charge is -2.27. The molecule has 1 atom stereocenters. The van der Waals surface area contributed by atoms with E-state index in [1.165, 1.54) is 11.1 Å². The summed E-state index contributed by atoms with van der Waals surface area (Å²) in [7, 11) is 1.99. The molecule has 0 spiro atoms. The molecule has 17 heavy (non-hydrogen) atoms. The highest BCUT2D eigenvalue weighted by molar-refractivity contribution is 6.34. The summed E-state index contributed by atoms with van der Waals surface area (Å²) in [6, 6.07) is 4.12. The molecule has 0 saturated heterocycles. The first kappa shape index (κ1) is 13.2. The van der Waals surface area contributed by atoms with Crippen LogP contribution in [0.5, 0.6) is 0 Å². The van der Waals surface area contributed by atoms with E-state index in [0.717, 1.165) is 29.3 Å². The Kier molecular flexibility index (Phi) is 3.72. The van der Waals surface area contributed by atoms with Gasteiger partial charge in [0.15, 0.2) is 0 Å². The first-order chi connectivity index (χ1) is 7.94. The molecule has 0 bridgehead atoms. The first-order valence-corrected chi connectivity index (χ1v) is 6.84. The summed E-state index contributed by atoms with van der Waals surface area (Å²) in [6.45, 7) is 4.62. The van der Waals surface area contributed by atoms with Gasteiger partial charge in [0.2, 0.25) is 0 Å². The molecular formula is C14H19Cl2N. The Morgan fingerprint density at radius 3 is 2.53 bits per heavy atom. The van der Waals surface area contributed by atoms with E-state index in [0.29, 0.717) is 11.5 Å². The molecule has 1 aromatic carbocycles. The highest BCUT2D eigenvalue weighted by Crippen LogP contribution is 2.43. The molecule has 1 aliphatic carbocycles. The molecule has 0 radical (unpaired) electrons. The van der Waals surface area contributed by atoms with Crippen LogP contribution in [0, 0.1) is 5.41 Å². The fraction of sp³-hybridized carbons (Fsp3) is 0.571. The van der Waals surface area contributed by atoms with Crippen molar-refractivity contribution in [1.29, 1.82) is 0 Å². The first-order valence-electron chi connectivity index (χ1n) is 6.08. The molecule has 1 nitrogen and oxygen atoms in total. The van der Waals surface area contributed by atoms with Crippen molar-refractivity contribution in [2.45, 2.75) is 39.2 Å². The number of rotatable bonds is 1. The van der Waals surface area contributed by atoms with Crippen LogP contribution in [0.1, 0.15) is 43.9 Å². The van der Waals surface area contributed by atoms with Crippen LogP contribution in [0.15, 0.2) is 12.1 Å². The Bertz CT molecular complexity index is 426. The maximum Gasteiger partial charge on any atom is 0.0457 e. The van der Waals surface area contributed by atoms with Gasteiger partial charge < -0.3 is 5.32 Å². The third kappa shape index (κ3) is 2.62. The molecule has 0 amide bonds. The fourth-order valence-electron chi connectivity index (χ4n) is 2.71. The maximum absolute atomic E-state index is 6.35. The largest absolute Gasteiger partial charge is 0.313 e. The lowest BCUT2D eigenvalue weighted by atomic mass is 9.83. The molecule has 0 fully saturated rings. The molecule has 0 saturated carbocycles. The molecule has 0 aliphatic heterocycles. The van der Waals surface area contributed by atoms with E-state index in [-0.39, 0.29) is 0 Å². The minimum absolute atomic E-state index is 0.300. The van der Waals surface area contributed by atoms with Gasteiger partial charge >= 0.3 is 0 Å². The van der Waals surface area contributed by atoms with Crippen LogP contribution < -0.4 is 5.32 Å².